The normalized spacial score (nSPS) is 7.57. The molecular formula is C5H8NO. The first-order valence-corrected chi connectivity index (χ1v) is 2.14. The van der Waals surface area contributed by atoms with E-state index in [-0.39, 0.29) is 5.91 Å². The Bertz CT molecular complexity index is 78.1. The molecule has 0 saturated carbocycles. The van der Waals surface area contributed by atoms with Crippen LogP contribution < -0.4 is 5.32 Å². The fourth-order valence-electron chi connectivity index (χ4n) is 0.195. The van der Waals surface area contributed by atoms with Crippen molar-refractivity contribution in [1.82, 2.24) is 5.32 Å². The van der Waals surface area contributed by atoms with E-state index in [1.165, 1.54) is 0 Å². The number of rotatable bonds is 2. The van der Waals surface area contributed by atoms with Crippen molar-refractivity contribution >= 4 is 5.91 Å². The van der Waals surface area contributed by atoms with Crippen LogP contribution in [0.1, 0.15) is 13.3 Å². The second-order valence-electron chi connectivity index (χ2n) is 1.09. The first-order valence-electron chi connectivity index (χ1n) is 2.14. The van der Waals surface area contributed by atoms with Crippen LogP contribution in [0.4, 0.5) is 0 Å². The van der Waals surface area contributed by atoms with Gasteiger partial charge in [-0.25, -0.2) is 0 Å². The van der Waals surface area contributed by atoms with Gasteiger partial charge in [0.2, 0.25) is 5.91 Å². The molecule has 0 saturated heterocycles. The van der Waals surface area contributed by atoms with Crippen LogP contribution in [0.3, 0.4) is 0 Å². The summed E-state index contributed by atoms with van der Waals surface area (Å²) in [6, 6.07) is 0. The first kappa shape index (κ1) is 6.21. The Morgan fingerprint density at radius 1 is 2.00 bits per heavy atom. The summed E-state index contributed by atoms with van der Waals surface area (Å²) in [5.74, 6) is -0.0532. The quantitative estimate of drug-likeness (QED) is 0.534. The highest BCUT2D eigenvalue weighted by atomic mass is 16.1. The van der Waals surface area contributed by atoms with E-state index in [0.29, 0.717) is 6.42 Å². The van der Waals surface area contributed by atoms with Gasteiger partial charge in [0.15, 0.2) is 0 Å². The van der Waals surface area contributed by atoms with E-state index in [1.807, 2.05) is 0 Å². The van der Waals surface area contributed by atoms with E-state index in [0.717, 1.165) is 6.20 Å². The van der Waals surface area contributed by atoms with Crippen molar-refractivity contribution in [3.8, 4) is 0 Å². The van der Waals surface area contributed by atoms with Gasteiger partial charge in [-0.15, -0.1) is 0 Å². The van der Waals surface area contributed by atoms with Crippen molar-refractivity contribution < 1.29 is 4.79 Å². The van der Waals surface area contributed by atoms with E-state index in [1.54, 1.807) is 6.92 Å². The second kappa shape index (κ2) is 3.40. The molecule has 2 heteroatoms. The Labute approximate surface area is 43.2 Å². The zero-order valence-corrected chi connectivity index (χ0v) is 4.27. The van der Waals surface area contributed by atoms with Crippen molar-refractivity contribution in [3.05, 3.63) is 12.8 Å². The van der Waals surface area contributed by atoms with Crippen LogP contribution in [0.25, 0.3) is 0 Å². The molecule has 0 heterocycles. The maximum absolute atomic E-state index is 10.2. The highest BCUT2D eigenvalue weighted by molar-refractivity contribution is 5.76. The van der Waals surface area contributed by atoms with Crippen LogP contribution in [-0.4, -0.2) is 5.91 Å². The van der Waals surface area contributed by atoms with Crippen LogP contribution >= 0.6 is 0 Å². The molecule has 1 radical (unpaired) electrons. The molecule has 0 bridgehead atoms. The third kappa shape index (κ3) is 3.03. The number of amides is 1. The van der Waals surface area contributed by atoms with E-state index < -0.39 is 0 Å². The molecule has 0 spiro atoms. The maximum Gasteiger partial charge on any atom is 0.223 e. The molecule has 0 aromatic rings. The van der Waals surface area contributed by atoms with Gasteiger partial charge in [-0.3, -0.25) is 4.79 Å². The highest BCUT2D eigenvalue weighted by Crippen LogP contribution is 1.71. The average molecular weight is 98.1 g/mol. The van der Waals surface area contributed by atoms with Crippen LogP contribution in [-0.2, 0) is 4.79 Å². The lowest BCUT2D eigenvalue weighted by Gasteiger charge is -1.89. The summed E-state index contributed by atoms with van der Waals surface area (Å²) in [4.78, 5) is 10.2. The summed E-state index contributed by atoms with van der Waals surface area (Å²) in [6.45, 7) is 6.61. The lowest BCUT2D eigenvalue weighted by atomic mass is 10.5. The summed E-state index contributed by atoms with van der Waals surface area (Å²) in [5, 5.41) is 2.31. The first-order chi connectivity index (χ1) is 3.31. The highest BCUT2D eigenvalue weighted by Gasteiger charge is 1.86. The predicted octanol–water partition coefficient (Wildman–Crippen LogP) is 0.459. The van der Waals surface area contributed by atoms with Gasteiger partial charge in [0.25, 0.3) is 0 Å². The van der Waals surface area contributed by atoms with Crippen molar-refractivity contribution in [3.63, 3.8) is 0 Å². The van der Waals surface area contributed by atoms with Gasteiger partial charge in [0, 0.05) is 12.6 Å². The smallest absolute Gasteiger partial charge is 0.223 e. The van der Waals surface area contributed by atoms with Gasteiger partial charge in [-0.2, -0.15) is 0 Å². The van der Waals surface area contributed by atoms with Crippen LogP contribution in [0.15, 0.2) is 6.20 Å². The molecule has 39 valence electrons. The third-order valence-electron chi connectivity index (χ3n) is 0.565. The van der Waals surface area contributed by atoms with Crippen LogP contribution in [0.2, 0.25) is 0 Å². The molecule has 7 heavy (non-hydrogen) atoms. The Kier molecular flexibility index (Phi) is 3.02. The van der Waals surface area contributed by atoms with Crippen molar-refractivity contribution in [2.24, 2.45) is 0 Å². The van der Waals surface area contributed by atoms with Crippen LogP contribution in [0, 0.1) is 6.58 Å². The molecule has 0 aliphatic carbocycles. The topological polar surface area (TPSA) is 29.1 Å². The molecule has 0 fully saturated rings. The average Bonchev–Trinajstić information content (AvgIpc) is 1.68. The van der Waals surface area contributed by atoms with E-state index in [9.17, 15) is 4.79 Å². The fourth-order valence-corrected chi connectivity index (χ4v) is 0.195. The summed E-state index contributed by atoms with van der Waals surface area (Å²) in [7, 11) is 0. The minimum Gasteiger partial charge on any atom is -0.333 e. The lowest BCUT2D eigenvalue weighted by molar-refractivity contribution is -0.119. The SMILES string of the molecule is [CH]=CNC(=O)CC. The lowest BCUT2D eigenvalue weighted by Crippen LogP contribution is -2.13. The molecular weight excluding hydrogens is 90.1 g/mol. The van der Waals surface area contributed by atoms with Gasteiger partial charge >= 0.3 is 0 Å². The fraction of sp³-hybridized carbons (Fsp3) is 0.400. The Morgan fingerprint density at radius 2 is 2.57 bits per heavy atom. The van der Waals surface area contributed by atoms with E-state index >= 15 is 0 Å². The molecule has 0 aliphatic rings. The van der Waals surface area contributed by atoms with Crippen molar-refractivity contribution in [2.75, 3.05) is 0 Å². The number of nitrogens with one attached hydrogen (secondary N) is 1. The molecule has 1 N–H and O–H groups in total. The molecule has 0 aliphatic heterocycles. The largest absolute Gasteiger partial charge is 0.333 e. The van der Waals surface area contributed by atoms with Crippen LogP contribution in [0.5, 0.6) is 0 Å². The van der Waals surface area contributed by atoms with E-state index in [4.69, 9.17) is 6.58 Å². The molecule has 0 unspecified atom stereocenters. The number of hydrogen-bond donors (Lipinski definition) is 1. The summed E-state index contributed by atoms with van der Waals surface area (Å²) in [6.07, 6.45) is 1.61. The van der Waals surface area contributed by atoms with Gasteiger partial charge in [-0.05, 0) is 6.58 Å². The van der Waals surface area contributed by atoms with Gasteiger partial charge in [0.05, 0.1) is 0 Å². The summed E-state index contributed by atoms with van der Waals surface area (Å²) in [5.41, 5.74) is 0. The minimum atomic E-state index is -0.0532. The number of carbonyl (C=O) groups excluding carboxylic acids is 1. The monoisotopic (exact) mass is 98.1 g/mol. The maximum atomic E-state index is 10.2. The Hall–Kier alpha value is -0.790. The molecule has 0 aromatic heterocycles. The summed E-state index contributed by atoms with van der Waals surface area (Å²) >= 11 is 0. The standard InChI is InChI=1S/C5H8NO/c1-3-5(7)6-4-2/h2,4H,3H2,1H3,(H,6,7). The van der Waals surface area contributed by atoms with Gasteiger partial charge < -0.3 is 5.32 Å². The third-order valence-corrected chi connectivity index (χ3v) is 0.565. The molecule has 0 rings (SSSR count). The van der Waals surface area contributed by atoms with Crippen molar-refractivity contribution in [1.29, 1.82) is 0 Å². The van der Waals surface area contributed by atoms with Gasteiger partial charge in [0.1, 0.15) is 0 Å². The summed E-state index contributed by atoms with van der Waals surface area (Å²) < 4.78 is 0. The Balaban J connectivity index is 3.17. The minimum absolute atomic E-state index is 0.0532. The predicted molar refractivity (Wildman–Crippen MR) is 27.3 cm³/mol. The molecule has 2 nitrogen and oxygen atoms in total. The van der Waals surface area contributed by atoms with E-state index in [2.05, 4.69) is 5.32 Å². The second-order valence-corrected chi connectivity index (χ2v) is 1.09. The van der Waals surface area contributed by atoms with Crippen molar-refractivity contribution in [2.45, 2.75) is 13.3 Å². The zero-order chi connectivity index (χ0) is 5.70. The molecule has 0 aromatic carbocycles. The number of carbonyl (C=O) groups is 1. The Morgan fingerprint density at radius 3 is 2.71 bits per heavy atom. The zero-order valence-electron chi connectivity index (χ0n) is 4.27. The van der Waals surface area contributed by atoms with Gasteiger partial charge in [-0.1, -0.05) is 6.92 Å². The number of hydrogen-bond acceptors (Lipinski definition) is 1. The molecule has 1 amide bonds. The molecule has 0 atom stereocenters.